The molecule has 1 N–H and O–H groups in total. The molecule has 4 rings (SSSR count). The Bertz CT molecular complexity index is 1050. The summed E-state index contributed by atoms with van der Waals surface area (Å²) in [5, 5.41) is 15.4. The topological polar surface area (TPSA) is 79.2 Å². The Morgan fingerprint density at radius 3 is 2.60 bits per heavy atom. The van der Waals surface area contributed by atoms with Crippen molar-refractivity contribution in [1.82, 2.24) is 30.0 Å². The zero-order chi connectivity index (χ0) is 21.1. The number of hydrogen-bond acceptors (Lipinski definition) is 5. The number of amides is 2. The van der Waals surface area contributed by atoms with Gasteiger partial charge < -0.3 is 10.2 Å². The molecule has 2 aromatic carbocycles. The fourth-order valence-electron chi connectivity index (χ4n) is 3.20. The van der Waals surface area contributed by atoms with E-state index in [1.54, 1.807) is 35.2 Å². The molecule has 0 bridgehead atoms. The van der Waals surface area contributed by atoms with Gasteiger partial charge in [0, 0.05) is 31.9 Å². The number of hydrogen-bond donors (Lipinski definition) is 1. The van der Waals surface area contributed by atoms with Gasteiger partial charge >= 0.3 is 6.03 Å². The average Bonchev–Trinajstić information content (AvgIpc) is 3.19. The molecule has 11 heteroatoms. The summed E-state index contributed by atoms with van der Waals surface area (Å²) in [7, 11) is 0. The maximum Gasteiger partial charge on any atom is 0.321 e. The summed E-state index contributed by atoms with van der Waals surface area (Å²) in [6.45, 7) is 2.91. The number of nitrogens with one attached hydrogen (secondary N) is 1. The second kappa shape index (κ2) is 8.95. The first-order chi connectivity index (χ1) is 14.5. The van der Waals surface area contributed by atoms with Crippen molar-refractivity contribution in [1.29, 1.82) is 0 Å². The minimum Gasteiger partial charge on any atom is -0.322 e. The summed E-state index contributed by atoms with van der Waals surface area (Å²) < 4.78 is 15.0. The molecule has 2 amide bonds. The number of halogens is 3. The number of benzene rings is 2. The molecule has 1 saturated heterocycles. The molecule has 1 aliphatic heterocycles. The van der Waals surface area contributed by atoms with Crippen LogP contribution in [0.25, 0.3) is 5.69 Å². The summed E-state index contributed by atoms with van der Waals surface area (Å²) >= 11 is 11.9. The minimum absolute atomic E-state index is 0.197. The third-order valence-electron chi connectivity index (χ3n) is 4.78. The molecule has 1 fully saturated rings. The van der Waals surface area contributed by atoms with Crippen LogP contribution in [0, 0.1) is 5.82 Å². The lowest BCUT2D eigenvalue weighted by Crippen LogP contribution is -2.49. The van der Waals surface area contributed by atoms with Crippen LogP contribution in [0.4, 0.5) is 14.9 Å². The minimum atomic E-state index is -0.351. The van der Waals surface area contributed by atoms with E-state index in [2.05, 4.69) is 25.7 Å². The van der Waals surface area contributed by atoms with E-state index in [4.69, 9.17) is 23.2 Å². The molecule has 0 atom stereocenters. The van der Waals surface area contributed by atoms with Gasteiger partial charge in [-0.25, -0.2) is 9.18 Å². The van der Waals surface area contributed by atoms with Gasteiger partial charge in [-0.3, -0.25) is 4.90 Å². The van der Waals surface area contributed by atoms with Crippen molar-refractivity contribution in [2.45, 2.75) is 6.54 Å². The fraction of sp³-hybridized carbons (Fsp3) is 0.263. The van der Waals surface area contributed by atoms with Gasteiger partial charge in [0.2, 0.25) is 0 Å². The third kappa shape index (κ3) is 4.69. The second-order valence-electron chi connectivity index (χ2n) is 6.81. The van der Waals surface area contributed by atoms with Crippen molar-refractivity contribution in [3.8, 4) is 5.69 Å². The van der Waals surface area contributed by atoms with Gasteiger partial charge in [-0.1, -0.05) is 29.3 Å². The van der Waals surface area contributed by atoms with Gasteiger partial charge in [-0.2, -0.15) is 4.68 Å². The number of carbonyl (C=O) groups is 1. The maximum atomic E-state index is 13.5. The van der Waals surface area contributed by atoms with Gasteiger partial charge in [-0.05, 0) is 46.8 Å². The van der Waals surface area contributed by atoms with Crippen LogP contribution in [0.3, 0.4) is 0 Å². The summed E-state index contributed by atoms with van der Waals surface area (Å²) in [6.07, 6.45) is 0. The average molecular weight is 450 g/mol. The first-order valence-corrected chi connectivity index (χ1v) is 10.0. The summed E-state index contributed by atoms with van der Waals surface area (Å²) in [6, 6.07) is 10.9. The lowest BCUT2D eigenvalue weighted by atomic mass is 10.3. The molecule has 156 valence electrons. The predicted molar refractivity (Wildman–Crippen MR) is 111 cm³/mol. The number of piperazine rings is 1. The molecule has 0 spiro atoms. The van der Waals surface area contributed by atoms with Gasteiger partial charge in [0.25, 0.3) is 0 Å². The van der Waals surface area contributed by atoms with Crippen LogP contribution in [-0.2, 0) is 6.54 Å². The largest absolute Gasteiger partial charge is 0.322 e. The molecule has 0 aliphatic carbocycles. The van der Waals surface area contributed by atoms with Gasteiger partial charge in [0.1, 0.15) is 5.82 Å². The third-order valence-corrected chi connectivity index (χ3v) is 5.52. The molecular formula is C19H18Cl2FN7O. The quantitative estimate of drug-likeness (QED) is 0.659. The van der Waals surface area contributed by atoms with E-state index >= 15 is 0 Å². The number of carbonyl (C=O) groups excluding carboxylic acids is 1. The van der Waals surface area contributed by atoms with E-state index in [0.717, 1.165) is 0 Å². The predicted octanol–water partition coefficient (Wildman–Crippen LogP) is 3.46. The molecule has 30 heavy (non-hydrogen) atoms. The molecular weight excluding hydrogens is 432 g/mol. The lowest BCUT2D eigenvalue weighted by molar-refractivity contribution is 0.140. The Kier molecular flexibility index (Phi) is 6.12. The van der Waals surface area contributed by atoms with Crippen molar-refractivity contribution in [3.05, 3.63) is 64.2 Å². The number of urea groups is 1. The SMILES string of the molecule is O=C(Nc1ccc(Cl)c(Cl)c1)N1CCN(Cc2nnnn2-c2cccc(F)c2)CC1. The molecule has 8 nitrogen and oxygen atoms in total. The first-order valence-electron chi connectivity index (χ1n) is 9.26. The summed E-state index contributed by atoms with van der Waals surface area (Å²) in [4.78, 5) is 16.4. The van der Waals surface area contributed by atoms with E-state index in [0.29, 0.717) is 60.0 Å². The van der Waals surface area contributed by atoms with Crippen molar-refractivity contribution >= 4 is 34.9 Å². The highest BCUT2D eigenvalue weighted by Crippen LogP contribution is 2.25. The van der Waals surface area contributed by atoms with Gasteiger partial charge in [-0.15, -0.1) is 5.10 Å². The van der Waals surface area contributed by atoms with Crippen molar-refractivity contribution in [2.75, 3.05) is 31.5 Å². The van der Waals surface area contributed by atoms with E-state index < -0.39 is 0 Å². The number of rotatable bonds is 4. The summed E-state index contributed by atoms with van der Waals surface area (Å²) in [5.41, 5.74) is 1.15. The van der Waals surface area contributed by atoms with Crippen LogP contribution in [-0.4, -0.2) is 62.2 Å². The number of anilines is 1. The van der Waals surface area contributed by atoms with Crippen molar-refractivity contribution in [3.63, 3.8) is 0 Å². The molecule has 0 radical (unpaired) electrons. The highest BCUT2D eigenvalue weighted by molar-refractivity contribution is 6.42. The molecule has 2 heterocycles. The number of nitrogens with zero attached hydrogens (tertiary/aromatic N) is 6. The van der Waals surface area contributed by atoms with Crippen LogP contribution in [0.2, 0.25) is 10.0 Å². The van der Waals surface area contributed by atoms with Gasteiger partial charge in [0.05, 0.1) is 22.3 Å². The van der Waals surface area contributed by atoms with Crippen LogP contribution in [0.1, 0.15) is 5.82 Å². The smallest absolute Gasteiger partial charge is 0.321 e. The first kappa shape index (κ1) is 20.5. The second-order valence-corrected chi connectivity index (χ2v) is 7.62. The van der Waals surface area contributed by atoms with Crippen LogP contribution in [0.15, 0.2) is 42.5 Å². The van der Waals surface area contributed by atoms with Crippen molar-refractivity contribution < 1.29 is 9.18 Å². The van der Waals surface area contributed by atoms with E-state index in [1.165, 1.54) is 16.8 Å². The standard InChI is InChI=1S/C19H18Cl2FN7O/c20-16-5-4-14(11-17(16)21)23-19(30)28-8-6-27(7-9-28)12-18-24-25-26-29(18)15-3-1-2-13(22)10-15/h1-5,10-11H,6-9,12H2,(H,23,30). The maximum absolute atomic E-state index is 13.5. The van der Waals surface area contributed by atoms with Crippen molar-refractivity contribution in [2.24, 2.45) is 0 Å². The molecule has 0 saturated carbocycles. The normalized spacial score (nSPS) is 14.7. The van der Waals surface area contributed by atoms with E-state index in [1.807, 2.05) is 0 Å². The van der Waals surface area contributed by atoms with Crippen LogP contribution >= 0.6 is 23.2 Å². The molecule has 1 aromatic heterocycles. The van der Waals surface area contributed by atoms with E-state index in [9.17, 15) is 9.18 Å². The fourth-order valence-corrected chi connectivity index (χ4v) is 3.50. The lowest BCUT2D eigenvalue weighted by Gasteiger charge is -2.34. The van der Waals surface area contributed by atoms with Crippen LogP contribution in [0.5, 0.6) is 0 Å². The number of tetrazole rings is 1. The Morgan fingerprint density at radius 2 is 1.87 bits per heavy atom. The number of aromatic nitrogens is 4. The zero-order valence-corrected chi connectivity index (χ0v) is 17.3. The molecule has 3 aromatic rings. The monoisotopic (exact) mass is 449 g/mol. The zero-order valence-electron chi connectivity index (χ0n) is 15.8. The summed E-state index contributed by atoms with van der Waals surface area (Å²) in [5.74, 6) is 0.254. The Hall–Kier alpha value is -2.75. The molecule has 1 aliphatic rings. The highest BCUT2D eigenvalue weighted by Gasteiger charge is 2.23. The Balaban J connectivity index is 1.34. The van der Waals surface area contributed by atoms with Gasteiger partial charge in [0.15, 0.2) is 5.82 Å². The highest BCUT2D eigenvalue weighted by atomic mass is 35.5. The van der Waals surface area contributed by atoms with Crippen LogP contribution < -0.4 is 5.32 Å². The Labute approximate surface area is 182 Å². The molecule has 0 unspecified atom stereocenters. The van der Waals surface area contributed by atoms with E-state index in [-0.39, 0.29) is 11.8 Å². The Morgan fingerprint density at radius 1 is 1.07 bits per heavy atom.